The second-order valence-corrected chi connectivity index (χ2v) is 9.50. The Labute approximate surface area is 150 Å². The Morgan fingerprint density at radius 3 is 2.52 bits per heavy atom. The second kappa shape index (κ2) is 5.39. The van der Waals surface area contributed by atoms with Crippen LogP contribution in [0.15, 0.2) is 34.1 Å². The Bertz CT molecular complexity index is 870. The Hall–Kier alpha value is -1.21. The largest absolute Gasteiger partial charge is 0.416 e. The topological polar surface area (TPSA) is 32.9 Å². The number of hydrogen-bond acceptors (Lipinski definition) is 3. The minimum atomic E-state index is -4.32. The summed E-state index contributed by atoms with van der Waals surface area (Å²) in [7, 11) is 0. The molecular formula is C18H16F3NOS2. The van der Waals surface area contributed by atoms with Crippen molar-refractivity contribution in [3.05, 3.63) is 49.9 Å². The van der Waals surface area contributed by atoms with Crippen molar-refractivity contribution in [3.63, 3.8) is 0 Å². The molecule has 1 aromatic heterocycles. The van der Waals surface area contributed by atoms with Gasteiger partial charge in [0.25, 0.3) is 0 Å². The van der Waals surface area contributed by atoms with Gasteiger partial charge in [0.1, 0.15) is 0 Å². The van der Waals surface area contributed by atoms with Crippen molar-refractivity contribution in [1.82, 2.24) is 4.98 Å². The van der Waals surface area contributed by atoms with Gasteiger partial charge in [0.05, 0.1) is 10.6 Å². The summed E-state index contributed by atoms with van der Waals surface area (Å²) < 4.78 is 38.7. The van der Waals surface area contributed by atoms with Crippen LogP contribution in [0.4, 0.5) is 13.2 Å². The van der Waals surface area contributed by atoms with Crippen molar-refractivity contribution >= 4 is 23.1 Å². The Morgan fingerprint density at radius 1 is 1.08 bits per heavy atom. The van der Waals surface area contributed by atoms with E-state index in [0.29, 0.717) is 23.0 Å². The molecule has 1 N–H and O–H groups in total. The number of thiazole rings is 1. The highest BCUT2D eigenvalue weighted by molar-refractivity contribution is 8.00. The minimum Gasteiger partial charge on any atom is -0.307 e. The van der Waals surface area contributed by atoms with E-state index in [4.69, 9.17) is 0 Å². The lowest BCUT2D eigenvalue weighted by Crippen LogP contribution is -2.33. The molecule has 2 saturated carbocycles. The molecule has 1 aliphatic heterocycles. The van der Waals surface area contributed by atoms with Crippen LogP contribution in [0.5, 0.6) is 0 Å². The zero-order valence-corrected chi connectivity index (χ0v) is 14.8. The smallest absolute Gasteiger partial charge is 0.307 e. The average Bonchev–Trinajstić information content (AvgIpc) is 3.25. The van der Waals surface area contributed by atoms with E-state index < -0.39 is 11.7 Å². The van der Waals surface area contributed by atoms with Gasteiger partial charge in [-0.05, 0) is 54.7 Å². The summed E-state index contributed by atoms with van der Waals surface area (Å²) in [5.74, 6) is 1.77. The summed E-state index contributed by atoms with van der Waals surface area (Å²) in [4.78, 5) is 15.8. The molecular weight excluding hydrogens is 367 g/mol. The molecule has 0 radical (unpaired) electrons. The first-order chi connectivity index (χ1) is 11.9. The highest BCUT2D eigenvalue weighted by Crippen LogP contribution is 2.63. The molecule has 2 bridgehead atoms. The summed E-state index contributed by atoms with van der Waals surface area (Å²) in [5, 5.41) is 1.41. The van der Waals surface area contributed by atoms with E-state index in [0.717, 1.165) is 15.5 Å². The number of thioether (sulfide) groups is 1. The van der Waals surface area contributed by atoms with Gasteiger partial charge in [0.2, 0.25) is 0 Å². The summed E-state index contributed by atoms with van der Waals surface area (Å²) >= 11 is 3.02. The van der Waals surface area contributed by atoms with Crippen molar-refractivity contribution < 1.29 is 13.2 Å². The lowest BCUT2D eigenvalue weighted by Gasteiger charge is -2.40. The van der Waals surface area contributed by atoms with Crippen LogP contribution in [0, 0.1) is 17.8 Å². The van der Waals surface area contributed by atoms with Gasteiger partial charge in [0, 0.05) is 16.0 Å². The normalized spacial score (nSPS) is 33.3. The van der Waals surface area contributed by atoms with Crippen LogP contribution in [0.2, 0.25) is 0 Å². The third kappa shape index (κ3) is 2.42. The Balaban J connectivity index is 1.61. The first-order valence-electron chi connectivity index (χ1n) is 8.48. The predicted molar refractivity (Wildman–Crippen MR) is 92.2 cm³/mol. The fourth-order valence-corrected chi connectivity index (χ4v) is 8.00. The number of H-pyrrole nitrogens is 1. The SMILES string of the molecule is O=c1[nH]c2c(s1)[C@H](c1ccc(C(F)(F)F)cc1)[C@H]1[C@@H]3CC[C@H](C3)[C@H]1S2. The fourth-order valence-electron chi connectivity index (χ4n) is 5.10. The monoisotopic (exact) mass is 383 g/mol. The van der Waals surface area contributed by atoms with Gasteiger partial charge in [0.15, 0.2) is 0 Å². The summed E-state index contributed by atoms with van der Waals surface area (Å²) in [6.07, 6.45) is -0.654. The van der Waals surface area contributed by atoms with Crippen molar-refractivity contribution in [3.8, 4) is 0 Å². The number of hydrogen-bond donors (Lipinski definition) is 1. The van der Waals surface area contributed by atoms with E-state index in [2.05, 4.69) is 4.98 Å². The first kappa shape index (κ1) is 16.0. The van der Waals surface area contributed by atoms with E-state index in [1.165, 1.54) is 42.7 Å². The van der Waals surface area contributed by atoms with Gasteiger partial charge < -0.3 is 4.98 Å². The van der Waals surface area contributed by atoms with Crippen LogP contribution in [0.25, 0.3) is 0 Å². The zero-order chi connectivity index (χ0) is 17.3. The number of nitrogens with one attached hydrogen (secondary N) is 1. The van der Waals surface area contributed by atoms with Crippen molar-refractivity contribution in [1.29, 1.82) is 0 Å². The first-order valence-corrected chi connectivity index (χ1v) is 10.2. The molecule has 0 amide bonds. The molecule has 5 rings (SSSR count). The van der Waals surface area contributed by atoms with Crippen molar-refractivity contribution in [2.75, 3.05) is 0 Å². The number of aromatic amines is 1. The maximum atomic E-state index is 12.9. The molecule has 0 unspecified atom stereocenters. The lowest BCUT2D eigenvalue weighted by molar-refractivity contribution is -0.137. The highest BCUT2D eigenvalue weighted by atomic mass is 32.2. The van der Waals surface area contributed by atoms with Gasteiger partial charge in [-0.1, -0.05) is 23.5 Å². The third-order valence-corrected chi connectivity index (χ3v) is 8.69. The fraction of sp³-hybridized carbons (Fsp3) is 0.500. The molecule has 25 heavy (non-hydrogen) atoms. The lowest BCUT2D eigenvalue weighted by atomic mass is 9.75. The molecule has 2 heterocycles. The quantitative estimate of drug-likeness (QED) is 0.742. The molecule has 5 atom stereocenters. The van der Waals surface area contributed by atoms with Crippen LogP contribution in [0.1, 0.15) is 41.2 Å². The van der Waals surface area contributed by atoms with E-state index in [9.17, 15) is 18.0 Å². The minimum absolute atomic E-state index is 0.0442. The summed E-state index contributed by atoms with van der Waals surface area (Å²) in [5.41, 5.74) is 0.292. The van der Waals surface area contributed by atoms with E-state index in [1.54, 1.807) is 23.9 Å². The van der Waals surface area contributed by atoms with Crippen LogP contribution in [-0.2, 0) is 6.18 Å². The van der Waals surface area contributed by atoms with Gasteiger partial charge in [-0.2, -0.15) is 13.2 Å². The Kier molecular flexibility index (Phi) is 3.45. The number of alkyl halides is 3. The molecule has 132 valence electrons. The zero-order valence-electron chi connectivity index (χ0n) is 13.2. The van der Waals surface area contributed by atoms with Crippen molar-refractivity contribution in [2.24, 2.45) is 17.8 Å². The molecule has 7 heteroatoms. The molecule has 2 nitrogen and oxygen atoms in total. The van der Waals surface area contributed by atoms with E-state index >= 15 is 0 Å². The van der Waals surface area contributed by atoms with Gasteiger partial charge in [-0.3, -0.25) is 4.79 Å². The molecule has 3 aliphatic rings. The number of halogens is 3. The molecule has 0 saturated heterocycles. The second-order valence-electron chi connectivity index (χ2n) is 7.30. The van der Waals surface area contributed by atoms with Gasteiger partial charge >= 0.3 is 11.0 Å². The van der Waals surface area contributed by atoms with Crippen molar-refractivity contribution in [2.45, 2.75) is 41.6 Å². The predicted octanol–water partition coefficient (Wildman–Crippen LogP) is 5.11. The summed E-state index contributed by atoms with van der Waals surface area (Å²) in [6, 6.07) is 5.57. The van der Waals surface area contributed by atoms with Gasteiger partial charge in [-0.25, -0.2) is 0 Å². The van der Waals surface area contributed by atoms with Crippen LogP contribution in [-0.4, -0.2) is 10.2 Å². The molecule has 2 aromatic rings. The summed E-state index contributed by atoms with van der Waals surface area (Å²) in [6.45, 7) is 0. The highest BCUT2D eigenvalue weighted by Gasteiger charge is 2.54. The number of benzene rings is 1. The molecule has 2 aliphatic carbocycles. The third-order valence-electron chi connectivity index (χ3n) is 6.06. The van der Waals surface area contributed by atoms with Gasteiger partial charge in [-0.15, -0.1) is 11.8 Å². The Morgan fingerprint density at radius 2 is 1.80 bits per heavy atom. The maximum Gasteiger partial charge on any atom is 0.416 e. The molecule has 1 aromatic carbocycles. The van der Waals surface area contributed by atoms with Crippen LogP contribution in [0.3, 0.4) is 0 Å². The van der Waals surface area contributed by atoms with E-state index in [-0.39, 0.29) is 10.8 Å². The maximum absolute atomic E-state index is 12.9. The van der Waals surface area contributed by atoms with Crippen LogP contribution >= 0.6 is 23.1 Å². The van der Waals surface area contributed by atoms with E-state index in [1.807, 2.05) is 0 Å². The molecule has 2 fully saturated rings. The average molecular weight is 383 g/mol. The number of aromatic nitrogens is 1. The standard InChI is InChI=1S/C18H16F3NOS2/c19-18(20,21)11-5-3-8(4-6-11)12-13-9-1-2-10(7-9)14(13)24-16-15(12)25-17(23)22-16/h3-6,9-10,12-14H,1-2,7H2,(H,22,23)/t9-,10-,12-,13-,14-/m1/s1. The molecule has 0 spiro atoms. The van der Waals surface area contributed by atoms with Crippen LogP contribution < -0.4 is 4.87 Å². The number of rotatable bonds is 1. The number of fused-ring (bicyclic) bond motifs is 6.